The molecule has 240 valence electrons. The molecule has 0 saturated carbocycles. The minimum absolute atomic E-state index is 0.00475. The second-order valence-corrected chi connectivity index (χ2v) is 10.6. The summed E-state index contributed by atoms with van der Waals surface area (Å²) in [6.45, 7) is 7.10. The lowest BCUT2D eigenvalue weighted by atomic mass is 9.83. The van der Waals surface area contributed by atoms with Crippen LogP contribution in [0.25, 0.3) is 0 Å². The van der Waals surface area contributed by atoms with Crippen LogP contribution in [0.1, 0.15) is 53.4 Å². The van der Waals surface area contributed by atoms with E-state index < -0.39 is 59.8 Å². The van der Waals surface area contributed by atoms with E-state index in [9.17, 15) is 33.9 Å². The van der Waals surface area contributed by atoms with E-state index in [2.05, 4.69) is 0 Å². The Morgan fingerprint density at radius 1 is 0.674 bits per heavy atom. The average Bonchev–Trinajstić information content (AvgIpc) is 3.62. The fraction of sp³-hybridized carbons (Fsp3) is 0.667. The monoisotopic (exact) mass is 610 g/mol. The van der Waals surface area contributed by atoms with Crippen molar-refractivity contribution < 1.29 is 62.7 Å². The first kappa shape index (κ1) is 35.5. The maximum absolute atomic E-state index is 12.0. The standard InChI is InChI=1S/C15H20O7.C15H22O6/c1-3-8(2)14(18)20-6-7-21-15(19)12-10-5-4-9(22-10)11(12)13(16)17;1-3-10(2)14(18)20-8-9-21-15(19)12-7-5-4-6-11(12)13(16)17/h4-5,8-12H,3,6-7H2,1-2H3,(H,16,17);4-5,10-12H,3,6-9H2,1-2H3,(H,16,17). The fourth-order valence-electron chi connectivity index (χ4n) is 4.62. The van der Waals surface area contributed by atoms with Crippen LogP contribution in [0.4, 0.5) is 0 Å². The van der Waals surface area contributed by atoms with Crippen molar-refractivity contribution in [2.75, 3.05) is 26.4 Å². The highest BCUT2D eigenvalue weighted by atomic mass is 16.6. The second-order valence-electron chi connectivity index (χ2n) is 10.6. The van der Waals surface area contributed by atoms with Crippen molar-refractivity contribution in [3.05, 3.63) is 24.3 Å². The van der Waals surface area contributed by atoms with Crippen LogP contribution in [0.3, 0.4) is 0 Å². The molecule has 13 heteroatoms. The molecule has 2 aliphatic heterocycles. The number of hydrogen-bond acceptors (Lipinski definition) is 11. The van der Waals surface area contributed by atoms with E-state index in [0.29, 0.717) is 25.7 Å². The van der Waals surface area contributed by atoms with Gasteiger partial charge in [0.15, 0.2) is 0 Å². The molecule has 13 nitrogen and oxygen atoms in total. The zero-order valence-corrected chi connectivity index (χ0v) is 25.0. The topological polar surface area (TPSA) is 189 Å². The van der Waals surface area contributed by atoms with E-state index in [4.69, 9.17) is 28.8 Å². The molecule has 1 fully saturated rings. The third-order valence-electron chi connectivity index (χ3n) is 7.68. The van der Waals surface area contributed by atoms with Crippen LogP contribution in [-0.2, 0) is 52.5 Å². The molecular weight excluding hydrogens is 568 g/mol. The molecule has 1 aliphatic carbocycles. The number of hydrogen-bond donors (Lipinski definition) is 2. The molecule has 2 bridgehead atoms. The number of carboxylic acids is 2. The summed E-state index contributed by atoms with van der Waals surface area (Å²) in [4.78, 5) is 69.1. The van der Waals surface area contributed by atoms with Gasteiger partial charge in [0.1, 0.15) is 38.3 Å². The molecule has 0 aromatic carbocycles. The summed E-state index contributed by atoms with van der Waals surface area (Å²) < 4.78 is 25.4. The van der Waals surface area contributed by atoms with Gasteiger partial charge in [0, 0.05) is 0 Å². The summed E-state index contributed by atoms with van der Waals surface area (Å²) in [6, 6.07) is 0. The average molecular weight is 611 g/mol. The number of ether oxygens (including phenoxy) is 5. The predicted molar refractivity (Wildman–Crippen MR) is 148 cm³/mol. The van der Waals surface area contributed by atoms with Gasteiger partial charge in [-0.25, -0.2) is 0 Å². The zero-order chi connectivity index (χ0) is 32.1. The highest BCUT2D eigenvalue weighted by Crippen LogP contribution is 2.39. The second kappa shape index (κ2) is 17.4. The third kappa shape index (κ3) is 10.2. The number of rotatable bonds is 14. The molecule has 0 aromatic heterocycles. The molecule has 0 spiro atoms. The normalized spacial score (nSPS) is 26.3. The number of carbonyl (C=O) groups is 6. The lowest BCUT2D eigenvalue weighted by molar-refractivity contribution is -0.161. The van der Waals surface area contributed by atoms with Crippen molar-refractivity contribution in [1.82, 2.24) is 0 Å². The summed E-state index contributed by atoms with van der Waals surface area (Å²) in [5.41, 5.74) is 0. The van der Waals surface area contributed by atoms with Crippen molar-refractivity contribution in [2.45, 2.75) is 65.6 Å². The molecule has 3 aliphatic rings. The summed E-state index contributed by atoms with van der Waals surface area (Å²) in [5.74, 6) is -7.49. The van der Waals surface area contributed by atoms with E-state index in [1.165, 1.54) is 0 Å². The molecule has 8 unspecified atom stereocenters. The summed E-state index contributed by atoms with van der Waals surface area (Å²) in [7, 11) is 0. The van der Waals surface area contributed by atoms with Crippen molar-refractivity contribution in [3.8, 4) is 0 Å². The number of esters is 4. The van der Waals surface area contributed by atoms with Crippen LogP contribution in [0.5, 0.6) is 0 Å². The van der Waals surface area contributed by atoms with Gasteiger partial charge in [-0.1, -0.05) is 52.0 Å². The van der Waals surface area contributed by atoms with Crippen LogP contribution < -0.4 is 0 Å². The first-order valence-corrected chi connectivity index (χ1v) is 14.5. The highest BCUT2D eigenvalue weighted by molar-refractivity contribution is 5.84. The lowest BCUT2D eigenvalue weighted by Gasteiger charge is -2.23. The van der Waals surface area contributed by atoms with Crippen LogP contribution >= 0.6 is 0 Å². The molecule has 0 aromatic rings. The van der Waals surface area contributed by atoms with Gasteiger partial charge < -0.3 is 33.9 Å². The Hall–Kier alpha value is -3.74. The zero-order valence-electron chi connectivity index (χ0n) is 25.0. The van der Waals surface area contributed by atoms with Gasteiger partial charge in [0.05, 0.1) is 35.9 Å². The van der Waals surface area contributed by atoms with Crippen molar-refractivity contribution in [3.63, 3.8) is 0 Å². The molecule has 2 heterocycles. The van der Waals surface area contributed by atoms with Gasteiger partial charge in [-0.05, 0) is 25.7 Å². The molecule has 43 heavy (non-hydrogen) atoms. The van der Waals surface area contributed by atoms with Gasteiger partial charge in [-0.15, -0.1) is 0 Å². The minimum atomic E-state index is -1.08. The molecule has 1 saturated heterocycles. The third-order valence-corrected chi connectivity index (χ3v) is 7.68. The summed E-state index contributed by atoms with van der Waals surface area (Å²) in [6.07, 6.45) is 7.80. The predicted octanol–water partition coefficient (Wildman–Crippen LogP) is 2.56. The van der Waals surface area contributed by atoms with E-state index >= 15 is 0 Å². The van der Waals surface area contributed by atoms with Crippen molar-refractivity contribution >= 4 is 35.8 Å². The van der Waals surface area contributed by atoms with Gasteiger partial charge in [0.2, 0.25) is 0 Å². The first-order valence-electron chi connectivity index (χ1n) is 14.5. The Balaban J connectivity index is 0.000000301. The molecule has 2 N–H and O–H groups in total. The molecule has 0 radical (unpaired) electrons. The largest absolute Gasteiger partial charge is 0.481 e. The van der Waals surface area contributed by atoms with Crippen LogP contribution in [0.2, 0.25) is 0 Å². The first-order chi connectivity index (χ1) is 20.4. The van der Waals surface area contributed by atoms with E-state index in [0.717, 1.165) is 0 Å². The number of aliphatic carboxylic acids is 2. The van der Waals surface area contributed by atoms with E-state index in [1.54, 1.807) is 38.2 Å². The Kier molecular flexibility index (Phi) is 14.3. The highest BCUT2D eigenvalue weighted by Gasteiger charge is 2.54. The minimum Gasteiger partial charge on any atom is -0.481 e. The van der Waals surface area contributed by atoms with Crippen LogP contribution in [-0.4, -0.2) is 84.7 Å². The number of fused-ring (bicyclic) bond motifs is 2. The number of allylic oxidation sites excluding steroid dienone is 2. The van der Waals surface area contributed by atoms with E-state index in [-0.39, 0.29) is 50.2 Å². The molecule has 8 atom stereocenters. The van der Waals surface area contributed by atoms with Gasteiger partial charge >= 0.3 is 35.8 Å². The maximum Gasteiger partial charge on any atom is 0.313 e. The van der Waals surface area contributed by atoms with Gasteiger partial charge in [-0.3, -0.25) is 28.8 Å². The van der Waals surface area contributed by atoms with Crippen molar-refractivity contribution in [1.29, 1.82) is 0 Å². The SMILES string of the molecule is CCC(C)C(=O)OCCOC(=O)C1C2C=CC(O2)C1C(=O)O.CCC(C)C(=O)OCCOC(=O)C1CC=CCC1C(=O)O. The Morgan fingerprint density at radius 2 is 1.12 bits per heavy atom. The van der Waals surface area contributed by atoms with E-state index in [1.807, 2.05) is 13.8 Å². The lowest BCUT2D eigenvalue weighted by Crippen LogP contribution is -2.37. The number of carbonyl (C=O) groups excluding carboxylic acids is 4. The van der Waals surface area contributed by atoms with Gasteiger partial charge in [0.25, 0.3) is 0 Å². The Labute approximate surface area is 250 Å². The number of carboxylic acid groups (broad SMARTS) is 2. The maximum atomic E-state index is 12.0. The summed E-state index contributed by atoms with van der Waals surface area (Å²) >= 11 is 0. The fourth-order valence-corrected chi connectivity index (χ4v) is 4.62. The quantitative estimate of drug-likeness (QED) is 0.126. The Morgan fingerprint density at radius 3 is 1.58 bits per heavy atom. The molecule has 3 rings (SSSR count). The van der Waals surface area contributed by atoms with Crippen LogP contribution in [0.15, 0.2) is 24.3 Å². The van der Waals surface area contributed by atoms with Crippen LogP contribution in [0, 0.1) is 35.5 Å². The Bertz CT molecular complexity index is 1060. The molecular formula is C30H42O13. The summed E-state index contributed by atoms with van der Waals surface area (Å²) in [5, 5.41) is 18.3. The molecule has 0 amide bonds. The van der Waals surface area contributed by atoms with Gasteiger partial charge in [-0.2, -0.15) is 0 Å². The smallest absolute Gasteiger partial charge is 0.313 e. The van der Waals surface area contributed by atoms with Crippen molar-refractivity contribution in [2.24, 2.45) is 35.5 Å².